The minimum absolute atomic E-state index is 0.894. The normalized spacial score (nSPS) is 11.7. The molecule has 3 heteroatoms. The number of aromatic nitrogens is 1. The van der Waals surface area contributed by atoms with Crippen molar-refractivity contribution in [3.8, 4) is 50.2 Å². The fourth-order valence-corrected chi connectivity index (χ4v) is 11.0. The molecule has 14 rings (SSSR count). The summed E-state index contributed by atoms with van der Waals surface area (Å²) in [6.07, 6.45) is 0. The van der Waals surface area contributed by atoms with Gasteiger partial charge in [-0.25, -0.2) is 0 Å². The van der Waals surface area contributed by atoms with E-state index in [9.17, 15) is 0 Å². The van der Waals surface area contributed by atoms with Crippen LogP contribution in [0.2, 0.25) is 0 Å². The SMILES string of the molecule is c1cc(-c2ccc(N(c3ccc(-c4cccc(-n5c6ccccc6c6ccccc65)c4)cc3)c3cccc(-c4cccc5c4oc4c6ccccc6ccc54)c3)cc2)cc(-c2cccc3ccccc23)c1. The van der Waals surface area contributed by atoms with Crippen molar-refractivity contribution in [2.24, 2.45) is 0 Å². The molecule has 0 spiro atoms. The molecule has 0 aliphatic rings. The van der Waals surface area contributed by atoms with E-state index in [4.69, 9.17) is 4.42 Å². The Labute approximate surface area is 411 Å². The molecule has 0 aliphatic carbocycles. The van der Waals surface area contributed by atoms with Crippen LogP contribution in [0.5, 0.6) is 0 Å². The van der Waals surface area contributed by atoms with E-state index in [0.29, 0.717) is 0 Å². The van der Waals surface area contributed by atoms with Crippen LogP contribution in [0.3, 0.4) is 0 Å². The average molecular weight is 905 g/mol. The molecule has 14 aromatic rings. The fourth-order valence-electron chi connectivity index (χ4n) is 11.0. The Bertz CT molecular complexity index is 4290. The van der Waals surface area contributed by atoms with Gasteiger partial charge in [0.1, 0.15) is 11.2 Å². The van der Waals surface area contributed by atoms with Crippen LogP contribution in [0.1, 0.15) is 0 Å². The molecule has 0 unspecified atom stereocenters. The van der Waals surface area contributed by atoms with Crippen LogP contribution in [0.4, 0.5) is 17.1 Å². The maximum atomic E-state index is 6.85. The van der Waals surface area contributed by atoms with Gasteiger partial charge in [-0.05, 0) is 128 Å². The van der Waals surface area contributed by atoms with Gasteiger partial charge in [0.25, 0.3) is 0 Å². The highest BCUT2D eigenvalue weighted by molar-refractivity contribution is 6.17. The number of rotatable bonds is 8. The number of fused-ring (bicyclic) bond motifs is 9. The Balaban J connectivity index is 0.866. The molecular weight excluding hydrogens is 861 g/mol. The molecule has 0 saturated carbocycles. The second kappa shape index (κ2) is 16.7. The first kappa shape index (κ1) is 40.6. The van der Waals surface area contributed by atoms with Crippen LogP contribution in [0, 0.1) is 0 Å². The van der Waals surface area contributed by atoms with E-state index in [1.807, 2.05) is 0 Å². The van der Waals surface area contributed by atoms with Gasteiger partial charge in [-0.2, -0.15) is 0 Å². The first-order valence-corrected chi connectivity index (χ1v) is 24.3. The van der Waals surface area contributed by atoms with Crippen molar-refractivity contribution in [3.63, 3.8) is 0 Å². The number of furan rings is 1. The number of benzene rings is 12. The Hall–Kier alpha value is -9.44. The molecule has 12 aromatic carbocycles. The van der Waals surface area contributed by atoms with Crippen molar-refractivity contribution >= 4 is 82.4 Å². The number of hydrogen-bond donors (Lipinski definition) is 0. The minimum atomic E-state index is 0.894. The van der Waals surface area contributed by atoms with Crippen molar-refractivity contribution in [2.75, 3.05) is 4.90 Å². The molecule has 0 radical (unpaired) electrons. The van der Waals surface area contributed by atoms with E-state index in [2.05, 4.69) is 276 Å². The number of anilines is 3. The highest BCUT2D eigenvalue weighted by atomic mass is 16.3. The van der Waals surface area contributed by atoms with Crippen LogP contribution in [0.25, 0.3) is 115 Å². The second-order valence-electron chi connectivity index (χ2n) is 18.5. The van der Waals surface area contributed by atoms with E-state index in [1.54, 1.807) is 0 Å². The van der Waals surface area contributed by atoms with E-state index >= 15 is 0 Å². The highest BCUT2D eigenvalue weighted by Crippen LogP contribution is 2.43. The van der Waals surface area contributed by atoms with Crippen LogP contribution in [-0.4, -0.2) is 4.57 Å². The largest absolute Gasteiger partial charge is 0.455 e. The molecule has 2 heterocycles. The summed E-state index contributed by atoms with van der Waals surface area (Å²) in [6, 6.07) is 96.6. The van der Waals surface area contributed by atoms with Crippen molar-refractivity contribution in [1.82, 2.24) is 4.57 Å². The van der Waals surface area contributed by atoms with Crippen molar-refractivity contribution in [1.29, 1.82) is 0 Å². The molecule has 0 N–H and O–H groups in total. The lowest BCUT2D eigenvalue weighted by Crippen LogP contribution is -2.10. The Morgan fingerprint density at radius 3 is 1.48 bits per heavy atom. The monoisotopic (exact) mass is 904 g/mol. The molecule has 0 bridgehead atoms. The molecule has 0 atom stereocenters. The maximum Gasteiger partial charge on any atom is 0.143 e. The summed E-state index contributed by atoms with van der Waals surface area (Å²) >= 11 is 0. The van der Waals surface area contributed by atoms with Gasteiger partial charge in [0.2, 0.25) is 0 Å². The smallest absolute Gasteiger partial charge is 0.143 e. The van der Waals surface area contributed by atoms with E-state index in [1.165, 1.54) is 54.7 Å². The third-order valence-electron chi connectivity index (χ3n) is 14.4. The standard InChI is InChI=1S/C68H44N2O/c1-3-23-57-47(14-1)16-12-27-58(57)51-19-9-17-49(42-51)45-32-37-53(38-33-45)69(55-21-11-20-52(44-55)60-28-13-29-63-64-41-36-48-15-2-4-24-59(48)67(64)71-68(60)63)54-39-34-46(35-40-54)50-18-10-22-56(43-50)70-65-30-7-5-25-61(65)62-26-6-8-31-66(62)70/h1-44H. The number of hydrogen-bond acceptors (Lipinski definition) is 2. The number of para-hydroxylation sites is 3. The highest BCUT2D eigenvalue weighted by Gasteiger charge is 2.19. The molecule has 332 valence electrons. The molecule has 0 aliphatic heterocycles. The minimum Gasteiger partial charge on any atom is -0.455 e. The molecular formula is C68H44N2O. The molecule has 0 saturated heterocycles. The van der Waals surface area contributed by atoms with Crippen LogP contribution >= 0.6 is 0 Å². The number of nitrogens with zero attached hydrogens (tertiary/aromatic N) is 2. The fraction of sp³-hybridized carbons (Fsp3) is 0. The van der Waals surface area contributed by atoms with Crippen molar-refractivity contribution in [2.45, 2.75) is 0 Å². The van der Waals surface area contributed by atoms with E-state index in [0.717, 1.165) is 77.9 Å². The quantitative estimate of drug-likeness (QED) is 0.151. The third-order valence-corrected chi connectivity index (χ3v) is 14.4. The van der Waals surface area contributed by atoms with Gasteiger partial charge < -0.3 is 13.9 Å². The van der Waals surface area contributed by atoms with Gasteiger partial charge in [0.05, 0.1) is 11.0 Å². The van der Waals surface area contributed by atoms with Gasteiger partial charge in [0.15, 0.2) is 0 Å². The summed E-state index contributed by atoms with van der Waals surface area (Å²) < 4.78 is 9.23. The van der Waals surface area contributed by atoms with Crippen LogP contribution in [0.15, 0.2) is 271 Å². The zero-order valence-electron chi connectivity index (χ0n) is 38.7. The lowest BCUT2D eigenvalue weighted by Gasteiger charge is -2.26. The third kappa shape index (κ3) is 6.89. The van der Waals surface area contributed by atoms with E-state index < -0.39 is 0 Å². The predicted molar refractivity (Wildman–Crippen MR) is 299 cm³/mol. The first-order chi connectivity index (χ1) is 35.2. The molecule has 0 fully saturated rings. The van der Waals surface area contributed by atoms with Gasteiger partial charge in [-0.3, -0.25) is 0 Å². The molecule has 2 aromatic heterocycles. The Kier molecular flexibility index (Phi) is 9.53. The van der Waals surface area contributed by atoms with Crippen molar-refractivity contribution < 1.29 is 4.42 Å². The summed E-state index contributed by atoms with van der Waals surface area (Å²) in [6.45, 7) is 0. The van der Waals surface area contributed by atoms with E-state index in [-0.39, 0.29) is 0 Å². The zero-order chi connectivity index (χ0) is 46.8. The zero-order valence-corrected chi connectivity index (χ0v) is 38.7. The van der Waals surface area contributed by atoms with Crippen LogP contribution in [-0.2, 0) is 0 Å². The molecule has 71 heavy (non-hydrogen) atoms. The van der Waals surface area contributed by atoms with Gasteiger partial charge >= 0.3 is 0 Å². The summed E-state index contributed by atoms with van der Waals surface area (Å²) in [7, 11) is 0. The first-order valence-electron chi connectivity index (χ1n) is 24.3. The Morgan fingerprint density at radius 1 is 0.268 bits per heavy atom. The average Bonchev–Trinajstić information content (AvgIpc) is 4.00. The predicted octanol–water partition coefficient (Wildman–Crippen LogP) is 19.1. The molecule has 0 amide bonds. The summed E-state index contributed by atoms with van der Waals surface area (Å²) in [5, 5.41) is 9.55. The lowest BCUT2D eigenvalue weighted by atomic mass is 9.95. The van der Waals surface area contributed by atoms with Gasteiger partial charge in [-0.1, -0.05) is 194 Å². The van der Waals surface area contributed by atoms with Gasteiger partial charge in [0, 0.05) is 55.2 Å². The lowest BCUT2D eigenvalue weighted by molar-refractivity contribution is 0.674. The summed E-state index contributed by atoms with van der Waals surface area (Å²) in [4.78, 5) is 2.37. The Morgan fingerprint density at radius 2 is 0.761 bits per heavy atom. The topological polar surface area (TPSA) is 21.3 Å². The molecule has 3 nitrogen and oxygen atoms in total. The van der Waals surface area contributed by atoms with Crippen molar-refractivity contribution in [3.05, 3.63) is 267 Å². The second-order valence-corrected chi connectivity index (χ2v) is 18.5. The summed E-state index contributed by atoms with van der Waals surface area (Å²) in [5.74, 6) is 0. The van der Waals surface area contributed by atoms with Gasteiger partial charge in [-0.15, -0.1) is 0 Å². The summed E-state index contributed by atoms with van der Waals surface area (Å²) in [5.41, 5.74) is 17.8. The van der Waals surface area contributed by atoms with Crippen LogP contribution < -0.4 is 4.90 Å². The maximum absolute atomic E-state index is 6.85.